The van der Waals surface area contributed by atoms with E-state index in [0.29, 0.717) is 17.5 Å². The highest BCUT2D eigenvalue weighted by molar-refractivity contribution is 9.10. The van der Waals surface area contributed by atoms with Gasteiger partial charge in [0, 0.05) is 28.3 Å². The third kappa shape index (κ3) is 3.05. The third-order valence-corrected chi connectivity index (χ3v) is 5.76. The summed E-state index contributed by atoms with van der Waals surface area (Å²) in [6.45, 7) is 0.325. The maximum absolute atomic E-state index is 13.3. The minimum absolute atomic E-state index is 0.00795. The van der Waals surface area contributed by atoms with Crippen LogP contribution < -0.4 is 27.7 Å². The predicted octanol–water partition coefficient (Wildman–Crippen LogP) is 3.17. The molecule has 0 aliphatic heterocycles. The largest absolute Gasteiger partial charge is 0.491 e. The van der Waals surface area contributed by atoms with Crippen LogP contribution in [-0.2, 0) is 6.42 Å². The molecule has 7 nitrogen and oxygen atoms in total. The van der Waals surface area contributed by atoms with Crippen molar-refractivity contribution >= 4 is 50.2 Å². The van der Waals surface area contributed by atoms with E-state index < -0.39 is 11.6 Å². The molecular weight excluding hydrogens is 448 g/mol. The Balaban J connectivity index is 1.76. The summed E-state index contributed by atoms with van der Waals surface area (Å²) < 4.78 is 6.22. The monoisotopic (exact) mass is 466 g/mol. The molecule has 0 saturated carbocycles. The van der Waals surface area contributed by atoms with Gasteiger partial charge in [0.2, 0.25) is 0 Å². The van der Waals surface area contributed by atoms with E-state index in [9.17, 15) is 9.59 Å². The second-order valence-corrected chi connectivity index (χ2v) is 7.84. The van der Waals surface area contributed by atoms with Crippen LogP contribution in [0.5, 0.6) is 5.75 Å². The second-order valence-electron chi connectivity index (χ2n) is 6.98. The van der Waals surface area contributed by atoms with Crippen molar-refractivity contribution in [3.8, 4) is 5.75 Å². The molecule has 4 rings (SSSR count). The first-order valence-electron chi connectivity index (χ1n) is 9.16. The highest BCUT2D eigenvalue weighted by Crippen LogP contribution is 2.44. The molecule has 0 amide bonds. The third-order valence-electron chi connectivity index (χ3n) is 5.11. The normalized spacial score (nSPS) is 12.4. The molecule has 8 heteroatoms. The van der Waals surface area contributed by atoms with E-state index in [2.05, 4.69) is 15.9 Å². The van der Waals surface area contributed by atoms with Crippen LogP contribution in [-0.4, -0.2) is 18.2 Å². The lowest BCUT2D eigenvalue weighted by atomic mass is 9.80. The molecule has 30 heavy (non-hydrogen) atoms. The van der Waals surface area contributed by atoms with Gasteiger partial charge in [-0.3, -0.25) is 9.59 Å². The van der Waals surface area contributed by atoms with Crippen molar-refractivity contribution in [2.24, 2.45) is 0 Å². The number of ketones is 2. The standard InChI is InChI=1S/C22H19BrN4O3/c23-11-8-12(24)15-17(19(11)26)22(29)18-16(21(15)28)13(25)9-14(20(18)27)30-7-6-10-4-2-1-3-5-10/h1-5,8-9H,6-7,24-27H2. The van der Waals surface area contributed by atoms with Gasteiger partial charge in [-0.15, -0.1) is 0 Å². The van der Waals surface area contributed by atoms with Gasteiger partial charge in [-0.25, -0.2) is 0 Å². The minimum Gasteiger partial charge on any atom is -0.491 e. The first-order valence-corrected chi connectivity index (χ1v) is 9.96. The zero-order chi connectivity index (χ0) is 21.6. The number of rotatable bonds is 4. The summed E-state index contributed by atoms with van der Waals surface area (Å²) in [6.07, 6.45) is 0.642. The van der Waals surface area contributed by atoms with Crippen LogP contribution in [0.1, 0.15) is 37.4 Å². The Labute approximate surface area is 181 Å². The lowest BCUT2D eigenvalue weighted by molar-refractivity contribution is 0.0981. The van der Waals surface area contributed by atoms with Gasteiger partial charge < -0.3 is 27.7 Å². The number of nitrogens with two attached hydrogens (primary N) is 4. The molecule has 0 unspecified atom stereocenters. The molecule has 0 radical (unpaired) electrons. The van der Waals surface area contributed by atoms with Crippen LogP contribution in [0, 0.1) is 0 Å². The number of hydrogen-bond acceptors (Lipinski definition) is 7. The van der Waals surface area contributed by atoms with Crippen molar-refractivity contribution < 1.29 is 14.3 Å². The molecular formula is C22H19BrN4O3. The molecule has 0 fully saturated rings. The molecule has 0 spiro atoms. The maximum Gasteiger partial charge on any atom is 0.199 e. The fraction of sp³-hybridized carbons (Fsp3) is 0.0909. The Morgan fingerprint density at radius 3 is 2.00 bits per heavy atom. The molecule has 8 N–H and O–H groups in total. The summed E-state index contributed by atoms with van der Waals surface area (Å²) in [7, 11) is 0. The maximum atomic E-state index is 13.3. The molecule has 0 aromatic heterocycles. The Morgan fingerprint density at radius 1 is 0.767 bits per heavy atom. The highest BCUT2D eigenvalue weighted by Gasteiger charge is 2.38. The average Bonchev–Trinajstić information content (AvgIpc) is 2.71. The number of anilines is 4. The Bertz CT molecular complexity index is 1210. The molecule has 0 heterocycles. The van der Waals surface area contributed by atoms with E-state index in [1.165, 1.54) is 12.1 Å². The Hall–Kier alpha value is -3.52. The van der Waals surface area contributed by atoms with E-state index in [0.717, 1.165) is 5.56 Å². The minimum atomic E-state index is -0.511. The van der Waals surface area contributed by atoms with Crippen LogP contribution in [0.25, 0.3) is 0 Å². The fourth-order valence-corrected chi connectivity index (χ4v) is 4.08. The van der Waals surface area contributed by atoms with Crippen molar-refractivity contribution in [2.75, 3.05) is 29.5 Å². The van der Waals surface area contributed by atoms with E-state index >= 15 is 0 Å². The lowest BCUT2D eigenvalue weighted by Gasteiger charge is -2.24. The number of hydrogen-bond donors (Lipinski definition) is 4. The van der Waals surface area contributed by atoms with Gasteiger partial charge in [0.15, 0.2) is 11.6 Å². The Morgan fingerprint density at radius 2 is 1.33 bits per heavy atom. The summed E-state index contributed by atoms with van der Waals surface area (Å²) in [5.41, 5.74) is 26.0. The smallest absolute Gasteiger partial charge is 0.199 e. The van der Waals surface area contributed by atoms with Gasteiger partial charge in [-0.05, 0) is 27.6 Å². The molecule has 3 aromatic carbocycles. The topological polar surface area (TPSA) is 147 Å². The van der Waals surface area contributed by atoms with Crippen LogP contribution in [0.4, 0.5) is 22.7 Å². The summed E-state index contributed by atoms with van der Waals surface area (Å²) in [5, 5.41) is 0. The number of halogens is 1. The number of fused-ring (bicyclic) bond motifs is 2. The summed E-state index contributed by atoms with van der Waals surface area (Å²) in [6, 6.07) is 12.7. The van der Waals surface area contributed by atoms with Gasteiger partial charge in [0.1, 0.15) is 5.75 Å². The zero-order valence-corrected chi connectivity index (χ0v) is 17.5. The molecule has 1 aliphatic rings. The van der Waals surface area contributed by atoms with Crippen LogP contribution >= 0.6 is 15.9 Å². The summed E-state index contributed by atoms with van der Waals surface area (Å²) >= 11 is 3.27. The van der Waals surface area contributed by atoms with Crippen molar-refractivity contribution in [1.29, 1.82) is 0 Å². The Kier molecular flexibility index (Phi) is 4.87. The lowest BCUT2D eigenvalue weighted by Crippen LogP contribution is -2.26. The van der Waals surface area contributed by atoms with Crippen LogP contribution in [0.3, 0.4) is 0 Å². The number of benzene rings is 3. The molecule has 1 aliphatic carbocycles. The van der Waals surface area contributed by atoms with Crippen LogP contribution in [0.15, 0.2) is 46.9 Å². The SMILES string of the molecule is Nc1cc(Br)c(N)c2c1C(=O)c1c(N)cc(OCCc3ccccc3)c(N)c1C2=O. The first-order chi connectivity index (χ1) is 14.3. The summed E-state index contributed by atoms with van der Waals surface area (Å²) in [5.74, 6) is -0.757. The molecule has 152 valence electrons. The average molecular weight is 467 g/mol. The van der Waals surface area contributed by atoms with Crippen molar-refractivity contribution in [2.45, 2.75) is 6.42 Å². The predicted molar refractivity (Wildman–Crippen MR) is 121 cm³/mol. The van der Waals surface area contributed by atoms with E-state index in [1.54, 1.807) is 0 Å². The number of nitrogen functional groups attached to an aromatic ring is 4. The van der Waals surface area contributed by atoms with E-state index in [-0.39, 0.29) is 50.8 Å². The van der Waals surface area contributed by atoms with Gasteiger partial charge >= 0.3 is 0 Å². The summed E-state index contributed by atoms with van der Waals surface area (Å²) in [4.78, 5) is 26.4. The molecule has 0 bridgehead atoms. The molecule has 0 saturated heterocycles. The van der Waals surface area contributed by atoms with Gasteiger partial charge in [0.25, 0.3) is 0 Å². The van der Waals surface area contributed by atoms with Gasteiger partial charge in [0.05, 0.1) is 40.2 Å². The second kappa shape index (κ2) is 7.38. The van der Waals surface area contributed by atoms with Crippen molar-refractivity contribution in [1.82, 2.24) is 0 Å². The van der Waals surface area contributed by atoms with E-state index in [1.807, 2.05) is 30.3 Å². The van der Waals surface area contributed by atoms with Gasteiger partial charge in [-0.1, -0.05) is 30.3 Å². The number of carbonyl (C=O) groups is 2. The van der Waals surface area contributed by atoms with E-state index in [4.69, 9.17) is 27.7 Å². The van der Waals surface area contributed by atoms with Gasteiger partial charge in [-0.2, -0.15) is 0 Å². The quantitative estimate of drug-likeness (QED) is 0.337. The number of carbonyl (C=O) groups excluding carboxylic acids is 2. The first kappa shape index (κ1) is 19.8. The fourth-order valence-electron chi connectivity index (χ4n) is 3.63. The van der Waals surface area contributed by atoms with Crippen molar-refractivity contribution in [3.05, 3.63) is 74.8 Å². The highest BCUT2D eigenvalue weighted by atomic mass is 79.9. The number of ether oxygens (including phenoxy) is 1. The molecule has 3 aromatic rings. The zero-order valence-electron chi connectivity index (χ0n) is 15.9. The van der Waals surface area contributed by atoms with Crippen LogP contribution in [0.2, 0.25) is 0 Å². The van der Waals surface area contributed by atoms with Crippen molar-refractivity contribution in [3.63, 3.8) is 0 Å². The molecule has 0 atom stereocenters.